The van der Waals surface area contributed by atoms with Crippen molar-refractivity contribution in [2.75, 3.05) is 27.4 Å². The third kappa shape index (κ3) is 32.6. The Balaban J connectivity index is -0.000000260. The number of aliphatic hydroxyl groups is 2. The maximum atomic E-state index is 12.7. The summed E-state index contributed by atoms with van der Waals surface area (Å²) >= 11 is 0. The molecule has 0 amide bonds. The first kappa shape index (κ1) is 71.7. The standard InChI is InChI=1S/C32H52O11.6CO.2Co/c1-30(2,3)27(35)40-19-21(42-29(37)32(7,8)9)16-15-20(41-28(36)31(4,5)6)13-12-14-22-24(33)25(34)26(39-11)23(43-22)17-18-38-10;6*1-2;;/h15-16,20-26,33-34H,14,17-19H2,1-11H3;;;;;;;;/b16-15+;;;;;;;;/t20?,21-,22-,23+,24-,25+,26+;;;;;;;;/m0......../s1. The molecule has 1 aliphatic heterocycles. The fourth-order valence-corrected chi connectivity index (χ4v) is 3.65. The topological polar surface area (TPSA) is 266 Å². The van der Waals surface area contributed by atoms with E-state index in [0.29, 0.717) is 13.0 Å². The molecule has 2 N–H and O–H groups in total. The average Bonchev–Trinajstić information content (AvgIpc) is 3.16. The molecule has 2 radical (unpaired) electrons. The molecular formula is C38H52Co2O17. The van der Waals surface area contributed by atoms with E-state index in [2.05, 4.69) is 51.7 Å². The van der Waals surface area contributed by atoms with Crippen LogP contribution in [0.25, 0.3) is 0 Å². The van der Waals surface area contributed by atoms with E-state index < -0.39 is 76.9 Å². The quantitative estimate of drug-likeness (QED) is 0.0760. The predicted molar refractivity (Wildman–Crippen MR) is 182 cm³/mol. The van der Waals surface area contributed by atoms with Crippen LogP contribution in [0.5, 0.6) is 0 Å². The maximum absolute atomic E-state index is 12.7. The number of hydrogen-bond donors (Lipinski definition) is 2. The van der Waals surface area contributed by atoms with E-state index in [4.69, 9.17) is 56.3 Å². The zero-order valence-electron chi connectivity index (χ0n) is 33.7. The van der Waals surface area contributed by atoms with Gasteiger partial charge in [-0.25, -0.2) is 0 Å². The van der Waals surface area contributed by atoms with E-state index >= 15 is 0 Å². The van der Waals surface area contributed by atoms with Crippen LogP contribution in [-0.4, -0.2) is 98.3 Å². The molecule has 7 atom stereocenters. The van der Waals surface area contributed by atoms with Crippen molar-refractivity contribution in [1.82, 2.24) is 0 Å². The van der Waals surface area contributed by atoms with Crippen LogP contribution in [-0.2, 0) is 104 Å². The van der Waals surface area contributed by atoms with Gasteiger partial charge >= 0.3 is 85.7 Å². The molecule has 0 spiro atoms. The van der Waals surface area contributed by atoms with Crippen molar-refractivity contribution >= 4 is 17.9 Å². The molecule has 0 saturated carbocycles. The summed E-state index contributed by atoms with van der Waals surface area (Å²) in [6.07, 6.45) is -3.23. The average molecular weight is 899 g/mol. The molecule has 0 aromatic rings. The van der Waals surface area contributed by atoms with Crippen molar-refractivity contribution in [3.63, 3.8) is 0 Å². The Morgan fingerprint density at radius 1 is 0.684 bits per heavy atom. The summed E-state index contributed by atoms with van der Waals surface area (Å²) in [6, 6.07) is 0. The van der Waals surface area contributed by atoms with E-state index in [9.17, 15) is 24.6 Å². The number of esters is 3. The second-order valence-corrected chi connectivity index (χ2v) is 13.7. The first-order valence-electron chi connectivity index (χ1n) is 15.7. The molecule has 0 bridgehead atoms. The van der Waals surface area contributed by atoms with Gasteiger partial charge < -0.3 is 38.6 Å². The molecule has 1 heterocycles. The molecule has 0 aromatic carbocycles. The Morgan fingerprint density at radius 2 is 1.11 bits per heavy atom. The molecule has 17 nitrogen and oxygen atoms in total. The fraction of sp³-hybridized carbons (Fsp3) is 0.658. The van der Waals surface area contributed by atoms with Gasteiger partial charge in [0.25, 0.3) is 0 Å². The second kappa shape index (κ2) is 41.1. The molecular weight excluding hydrogens is 846 g/mol. The van der Waals surface area contributed by atoms with Crippen molar-refractivity contribution in [2.45, 2.75) is 118 Å². The maximum Gasteiger partial charge on any atom is 0 e. The number of carbonyl (C=O) groups excluding carboxylic acids is 3. The Kier molecular flexibility index (Phi) is 51.7. The molecule has 1 fully saturated rings. The molecule has 57 heavy (non-hydrogen) atoms. The molecule has 324 valence electrons. The van der Waals surface area contributed by atoms with E-state index in [-0.39, 0.29) is 46.6 Å². The predicted octanol–water partition coefficient (Wildman–Crippen LogP) is 2.75. The third-order valence-corrected chi connectivity index (χ3v) is 6.42. The van der Waals surface area contributed by atoms with Crippen LogP contribution < -0.4 is 0 Å². The minimum atomic E-state index is -1.26. The molecule has 19 heteroatoms. The van der Waals surface area contributed by atoms with E-state index in [1.807, 2.05) is 0 Å². The number of rotatable bonds is 11. The van der Waals surface area contributed by atoms with Crippen LogP contribution >= 0.6 is 0 Å². The van der Waals surface area contributed by atoms with Crippen LogP contribution in [0, 0.1) is 68.0 Å². The van der Waals surface area contributed by atoms with Gasteiger partial charge in [-0.05, 0) is 80.9 Å². The molecule has 1 saturated heterocycles. The van der Waals surface area contributed by atoms with Crippen LogP contribution in [0.1, 0.15) is 75.2 Å². The van der Waals surface area contributed by atoms with Gasteiger partial charge in [0.15, 0.2) is 12.2 Å². The summed E-state index contributed by atoms with van der Waals surface area (Å²) < 4.78 is 78.1. The van der Waals surface area contributed by atoms with Crippen molar-refractivity contribution in [2.24, 2.45) is 16.2 Å². The van der Waals surface area contributed by atoms with Crippen LogP contribution in [0.15, 0.2) is 12.2 Å². The largest absolute Gasteiger partial charge is 0 e. The Labute approximate surface area is 356 Å². The zero-order chi connectivity index (χ0) is 45.2. The minimum absolute atomic E-state index is 0. The number of ether oxygens (including phenoxy) is 6. The van der Waals surface area contributed by atoms with Crippen molar-refractivity contribution in [1.29, 1.82) is 0 Å². The molecule has 0 aliphatic carbocycles. The molecule has 0 aromatic heterocycles. The first-order valence-corrected chi connectivity index (χ1v) is 15.7. The van der Waals surface area contributed by atoms with Gasteiger partial charge in [0.2, 0.25) is 0 Å². The summed E-state index contributed by atoms with van der Waals surface area (Å²) in [5, 5.41) is 21.3. The smallest absolute Gasteiger partial charge is 0 e. The Bertz CT molecular complexity index is 1240. The van der Waals surface area contributed by atoms with Gasteiger partial charge in [0.05, 0.1) is 28.5 Å². The first-order chi connectivity index (χ1) is 25.7. The van der Waals surface area contributed by atoms with Crippen molar-refractivity contribution < 1.29 is 114 Å². The summed E-state index contributed by atoms with van der Waals surface area (Å²) in [5.74, 6) is 4.25. The van der Waals surface area contributed by atoms with Crippen LogP contribution in [0.3, 0.4) is 0 Å². The fourth-order valence-electron chi connectivity index (χ4n) is 3.65. The van der Waals surface area contributed by atoms with Gasteiger partial charge in [0.1, 0.15) is 24.9 Å². The zero-order valence-corrected chi connectivity index (χ0v) is 35.8. The van der Waals surface area contributed by atoms with Crippen LogP contribution in [0.4, 0.5) is 0 Å². The molecule has 1 rings (SSSR count). The third-order valence-electron chi connectivity index (χ3n) is 6.42. The van der Waals surface area contributed by atoms with Gasteiger partial charge in [-0.2, -0.15) is 0 Å². The summed E-state index contributed by atoms with van der Waals surface area (Å²) in [6.45, 7) is 42.4. The van der Waals surface area contributed by atoms with E-state index in [0.717, 1.165) is 0 Å². The Hall–Kier alpha value is -3.04. The number of carbonyl (C=O) groups is 3. The SMILES string of the molecule is COCC[C@H]1O[C@@H](CC#CC(/C=C/[C@@H](COC(=O)C(C)(C)C)OC(=O)C(C)(C)C)OC(=O)C(C)(C)C)[C@H](O)[C@@H](O)[C@@H]1OC.[C-]#[O+].[C-]#[O+].[C-]#[O+].[C-]#[O+].[C-]#[O+].[C-]#[O+].[Co].[Co]. The minimum Gasteiger partial charge on any atom is 0 e. The number of hydrogen-bond acceptors (Lipinski definition) is 11. The van der Waals surface area contributed by atoms with E-state index in [1.165, 1.54) is 19.3 Å². The second-order valence-electron chi connectivity index (χ2n) is 13.7. The summed E-state index contributed by atoms with van der Waals surface area (Å²) in [7, 11) is 2.98. The summed E-state index contributed by atoms with van der Waals surface area (Å²) in [5.41, 5.74) is -2.40. The van der Waals surface area contributed by atoms with Gasteiger partial charge in [0, 0.05) is 60.8 Å². The summed E-state index contributed by atoms with van der Waals surface area (Å²) in [4.78, 5) is 37.7. The van der Waals surface area contributed by atoms with Gasteiger partial charge in [-0.15, -0.1) is 0 Å². The number of methoxy groups -OCH3 is 2. The normalized spacial score (nSPS) is 18.6. The van der Waals surface area contributed by atoms with Gasteiger partial charge in [-0.1, -0.05) is 11.8 Å². The van der Waals surface area contributed by atoms with Crippen molar-refractivity contribution in [3.8, 4) is 11.8 Å². The van der Waals surface area contributed by atoms with Crippen LogP contribution in [0.2, 0.25) is 0 Å². The molecule has 1 unspecified atom stereocenters. The van der Waals surface area contributed by atoms with Gasteiger partial charge in [-0.3, -0.25) is 14.4 Å². The molecule has 1 aliphatic rings. The van der Waals surface area contributed by atoms with E-state index in [1.54, 1.807) is 69.4 Å². The Morgan fingerprint density at radius 3 is 1.49 bits per heavy atom. The van der Waals surface area contributed by atoms with Crippen molar-refractivity contribution in [3.05, 3.63) is 52.1 Å². The monoisotopic (exact) mass is 898 g/mol. The number of aliphatic hydroxyl groups excluding tert-OH is 2.